The summed E-state index contributed by atoms with van der Waals surface area (Å²) < 4.78 is 30.1. The van der Waals surface area contributed by atoms with E-state index in [1.165, 1.54) is 12.1 Å². The Labute approximate surface area is 113 Å². The number of thiophene rings is 1. The average Bonchev–Trinajstić information content (AvgIpc) is 2.72. The predicted molar refractivity (Wildman–Crippen MR) is 66.4 cm³/mol. The molecule has 0 saturated heterocycles. The molecule has 1 heterocycles. The number of hydrogen-bond donors (Lipinski definition) is 3. The lowest BCUT2D eigenvalue weighted by molar-refractivity contribution is -0.136. The molecule has 0 aromatic carbocycles. The Kier molecular flexibility index (Phi) is 5.27. The van der Waals surface area contributed by atoms with Gasteiger partial charge in [-0.1, -0.05) is 0 Å². The zero-order valence-corrected chi connectivity index (χ0v) is 11.3. The molecule has 1 aromatic rings. The van der Waals surface area contributed by atoms with Gasteiger partial charge in [-0.3, -0.25) is 4.79 Å². The van der Waals surface area contributed by atoms with Gasteiger partial charge in [0.05, 0.1) is 6.42 Å². The van der Waals surface area contributed by atoms with E-state index in [2.05, 4.69) is 9.46 Å². The lowest BCUT2D eigenvalue weighted by Gasteiger charge is -2.04. The molecule has 0 bridgehead atoms. The van der Waals surface area contributed by atoms with Gasteiger partial charge < -0.3 is 15.6 Å². The van der Waals surface area contributed by atoms with Crippen molar-refractivity contribution in [1.29, 1.82) is 0 Å². The molecule has 19 heavy (non-hydrogen) atoms. The van der Waals surface area contributed by atoms with Gasteiger partial charge in [0.15, 0.2) is 0 Å². The smallest absolute Gasteiger partial charge is 0.404 e. The van der Waals surface area contributed by atoms with Gasteiger partial charge in [0, 0.05) is 11.4 Å². The summed E-state index contributed by atoms with van der Waals surface area (Å²) in [5.74, 6) is -1.03. The topological polar surface area (TPSA) is 136 Å². The summed E-state index contributed by atoms with van der Waals surface area (Å²) in [6.45, 7) is -0.292. The lowest BCUT2D eigenvalue weighted by atomic mass is 10.3. The third-order valence-electron chi connectivity index (χ3n) is 1.87. The summed E-state index contributed by atoms with van der Waals surface area (Å²) >= 11 is 0.869. The van der Waals surface area contributed by atoms with Crippen LogP contribution < -0.4 is 10.5 Å². The first-order valence-electron chi connectivity index (χ1n) is 5.03. The molecule has 0 atom stereocenters. The molecule has 0 aliphatic rings. The molecule has 0 aliphatic carbocycles. The molecule has 0 aliphatic heterocycles. The standard InChI is InChI=1S/C9H12N2O6S2/c10-9(14)17-4-3-11-19(15,16)8-2-1-6(18-8)5-7(12)13/h1-2,11H,3-5H2,(H2,10,14)(H,12,13). The number of aliphatic carboxylic acids is 1. The van der Waals surface area contributed by atoms with Crippen LogP contribution in [0, 0.1) is 0 Å². The quantitative estimate of drug-likeness (QED) is 0.594. The van der Waals surface area contributed by atoms with E-state index in [1.807, 2.05) is 0 Å². The first-order valence-corrected chi connectivity index (χ1v) is 7.33. The summed E-state index contributed by atoms with van der Waals surface area (Å²) in [5, 5.41) is 8.59. The number of hydrogen-bond acceptors (Lipinski definition) is 6. The van der Waals surface area contributed by atoms with Crippen LogP contribution in [-0.4, -0.2) is 38.7 Å². The molecule has 10 heteroatoms. The third kappa shape index (κ3) is 5.24. The highest BCUT2D eigenvalue weighted by Gasteiger charge is 2.17. The van der Waals surface area contributed by atoms with E-state index in [9.17, 15) is 18.0 Å². The van der Waals surface area contributed by atoms with Crippen LogP contribution in [0.2, 0.25) is 0 Å². The van der Waals surface area contributed by atoms with E-state index in [-0.39, 0.29) is 23.8 Å². The van der Waals surface area contributed by atoms with Gasteiger partial charge >= 0.3 is 12.1 Å². The predicted octanol–water partition coefficient (Wildman–Crippen LogP) is -0.251. The van der Waals surface area contributed by atoms with Crippen molar-refractivity contribution in [2.75, 3.05) is 13.2 Å². The molecular weight excluding hydrogens is 296 g/mol. The van der Waals surface area contributed by atoms with Gasteiger partial charge in [-0.15, -0.1) is 11.3 Å². The van der Waals surface area contributed by atoms with Crippen LogP contribution >= 0.6 is 11.3 Å². The Morgan fingerprint density at radius 3 is 2.68 bits per heavy atom. The van der Waals surface area contributed by atoms with Crippen molar-refractivity contribution >= 4 is 33.4 Å². The van der Waals surface area contributed by atoms with E-state index in [0.717, 1.165) is 11.3 Å². The monoisotopic (exact) mass is 308 g/mol. The minimum Gasteiger partial charge on any atom is -0.481 e. The Hall–Kier alpha value is -1.65. The van der Waals surface area contributed by atoms with E-state index < -0.39 is 22.1 Å². The fourth-order valence-corrected chi connectivity index (χ4v) is 3.55. The summed E-state index contributed by atoms with van der Waals surface area (Å²) in [7, 11) is -3.73. The lowest BCUT2D eigenvalue weighted by Crippen LogP contribution is -2.28. The molecule has 1 amide bonds. The van der Waals surface area contributed by atoms with Crippen molar-refractivity contribution in [2.45, 2.75) is 10.6 Å². The number of primary amides is 1. The number of rotatable bonds is 7. The molecule has 1 aromatic heterocycles. The summed E-state index contributed by atoms with van der Waals surface area (Å²) in [5.41, 5.74) is 4.71. The maximum absolute atomic E-state index is 11.8. The van der Waals surface area contributed by atoms with Gasteiger partial charge in [0.2, 0.25) is 10.0 Å². The third-order valence-corrected chi connectivity index (χ3v) is 4.90. The van der Waals surface area contributed by atoms with Crippen molar-refractivity contribution in [2.24, 2.45) is 5.73 Å². The van der Waals surface area contributed by atoms with E-state index in [1.54, 1.807) is 0 Å². The van der Waals surface area contributed by atoms with Crippen molar-refractivity contribution in [3.05, 3.63) is 17.0 Å². The van der Waals surface area contributed by atoms with Gasteiger partial charge in [-0.2, -0.15) is 0 Å². The van der Waals surface area contributed by atoms with Crippen molar-refractivity contribution in [3.8, 4) is 0 Å². The number of carbonyl (C=O) groups excluding carboxylic acids is 1. The van der Waals surface area contributed by atoms with E-state index >= 15 is 0 Å². The van der Waals surface area contributed by atoms with E-state index in [4.69, 9.17) is 10.8 Å². The molecule has 106 valence electrons. The van der Waals surface area contributed by atoms with Gasteiger partial charge in [-0.05, 0) is 12.1 Å². The van der Waals surface area contributed by atoms with Crippen LogP contribution in [0.1, 0.15) is 4.88 Å². The fraction of sp³-hybridized carbons (Fsp3) is 0.333. The van der Waals surface area contributed by atoms with Crippen LogP contribution in [0.25, 0.3) is 0 Å². The van der Waals surface area contributed by atoms with Crippen LogP contribution in [0.4, 0.5) is 4.79 Å². The van der Waals surface area contributed by atoms with Crippen molar-refractivity contribution in [1.82, 2.24) is 4.72 Å². The van der Waals surface area contributed by atoms with Gasteiger partial charge in [0.1, 0.15) is 10.8 Å². The normalized spacial score (nSPS) is 11.2. The molecule has 0 spiro atoms. The zero-order chi connectivity index (χ0) is 14.5. The molecule has 8 nitrogen and oxygen atoms in total. The average molecular weight is 308 g/mol. The molecule has 4 N–H and O–H groups in total. The van der Waals surface area contributed by atoms with Crippen LogP contribution in [0.5, 0.6) is 0 Å². The van der Waals surface area contributed by atoms with E-state index in [0.29, 0.717) is 4.88 Å². The molecule has 1 rings (SSSR count). The number of carboxylic acid groups (broad SMARTS) is 1. The van der Waals surface area contributed by atoms with Crippen molar-refractivity contribution in [3.63, 3.8) is 0 Å². The Balaban J connectivity index is 2.59. The molecule has 0 radical (unpaired) electrons. The Morgan fingerprint density at radius 1 is 1.42 bits per heavy atom. The maximum Gasteiger partial charge on any atom is 0.404 e. The molecule has 0 unspecified atom stereocenters. The zero-order valence-electron chi connectivity index (χ0n) is 9.66. The number of sulfonamides is 1. The number of ether oxygens (including phenoxy) is 1. The SMILES string of the molecule is NC(=O)OCCNS(=O)(=O)c1ccc(CC(=O)O)s1. The minimum atomic E-state index is -3.73. The summed E-state index contributed by atoms with van der Waals surface area (Å²) in [6, 6.07) is 2.76. The Morgan fingerprint density at radius 2 is 2.11 bits per heavy atom. The molecule has 0 fully saturated rings. The highest BCUT2D eigenvalue weighted by atomic mass is 32.2. The summed E-state index contributed by atoms with van der Waals surface area (Å²) in [4.78, 5) is 21.2. The van der Waals surface area contributed by atoms with Crippen molar-refractivity contribution < 1.29 is 27.9 Å². The second-order valence-electron chi connectivity index (χ2n) is 3.36. The highest BCUT2D eigenvalue weighted by molar-refractivity contribution is 7.91. The van der Waals surface area contributed by atoms with Gasteiger partial charge in [-0.25, -0.2) is 17.9 Å². The first kappa shape index (κ1) is 15.4. The van der Waals surface area contributed by atoms with Crippen LogP contribution in [0.3, 0.4) is 0 Å². The van der Waals surface area contributed by atoms with Gasteiger partial charge in [0.25, 0.3) is 0 Å². The number of nitrogens with one attached hydrogen (secondary N) is 1. The first-order chi connectivity index (χ1) is 8.81. The summed E-state index contributed by atoms with van der Waals surface area (Å²) in [6.07, 6.45) is -1.22. The minimum absolute atomic E-state index is 0.00262. The molecule has 0 saturated carbocycles. The highest BCUT2D eigenvalue weighted by Crippen LogP contribution is 2.21. The molecular formula is C9H12N2O6S2. The second-order valence-corrected chi connectivity index (χ2v) is 6.52. The van der Waals surface area contributed by atoms with Crippen LogP contribution in [0.15, 0.2) is 16.3 Å². The van der Waals surface area contributed by atoms with Crippen LogP contribution in [-0.2, 0) is 26.0 Å². The fourth-order valence-electron chi connectivity index (χ4n) is 1.15. The number of amides is 1. The second kappa shape index (κ2) is 6.50. The maximum atomic E-state index is 11.8. The Bertz CT molecular complexity index is 565. The number of carboxylic acids is 1. The largest absolute Gasteiger partial charge is 0.481 e. The number of nitrogens with two attached hydrogens (primary N) is 1. The number of carbonyl (C=O) groups is 2.